The summed E-state index contributed by atoms with van der Waals surface area (Å²) in [4.78, 5) is 52.3. The summed E-state index contributed by atoms with van der Waals surface area (Å²) in [5.74, 6) is -1.57. The maximum absolute atomic E-state index is 13.9. The van der Waals surface area contributed by atoms with Crippen LogP contribution in [-0.2, 0) is 38.1 Å². The molecular weight excluding hydrogens is 535 g/mol. The number of carbonyl (C=O) groups is 3. The van der Waals surface area contributed by atoms with E-state index in [1.54, 1.807) is 11.8 Å². The third kappa shape index (κ3) is 7.56. The van der Waals surface area contributed by atoms with Crippen molar-refractivity contribution in [3.8, 4) is 0 Å². The number of carbonyl (C=O) groups excluding carboxylic acids is 3. The Kier molecular flexibility index (Phi) is 10.1. The molecule has 3 saturated heterocycles. The van der Waals surface area contributed by atoms with Gasteiger partial charge in [0.2, 0.25) is 13.3 Å². The molecule has 0 spiro atoms. The Morgan fingerprint density at radius 3 is 2.37 bits per heavy atom. The van der Waals surface area contributed by atoms with Crippen molar-refractivity contribution < 1.29 is 36.7 Å². The summed E-state index contributed by atoms with van der Waals surface area (Å²) in [5.41, 5.74) is 0. The monoisotopic (exact) mass is 578 g/mol. The van der Waals surface area contributed by atoms with E-state index in [-0.39, 0.29) is 43.2 Å². The summed E-state index contributed by atoms with van der Waals surface area (Å²) < 4.78 is 42.3. The molecule has 0 bridgehead atoms. The van der Waals surface area contributed by atoms with Gasteiger partial charge < -0.3 is 19.2 Å². The summed E-state index contributed by atoms with van der Waals surface area (Å²) in [6.07, 6.45) is 0.366. The van der Waals surface area contributed by atoms with Crippen LogP contribution in [0, 0.1) is 5.92 Å². The van der Waals surface area contributed by atoms with Gasteiger partial charge in [-0.2, -0.15) is 5.06 Å². The smallest absolute Gasteiger partial charge is 0.257 e. The molecule has 0 radical (unpaired) electrons. The minimum Gasteiger partial charge on any atom is -0.334 e. The van der Waals surface area contributed by atoms with E-state index in [1.807, 2.05) is 20.9 Å². The van der Waals surface area contributed by atoms with Gasteiger partial charge in [0.15, 0.2) is 12.3 Å². The fraction of sp³-hybridized carbons (Fsp3) is 0.875. The van der Waals surface area contributed by atoms with Crippen molar-refractivity contribution in [2.24, 2.45) is 5.92 Å². The van der Waals surface area contributed by atoms with Crippen molar-refractivity contribution in [2.45, 2.75) is 70.8 Å². The summed E-state index contributed by atoms with van der Waals surface area (Å²) >= 11 is 0. The molecule has 3 fully saturated rings. The molecule has 3 aliphatic rings. The number of nitrogens with zero attached hydrogens (tertiary/aromatic N) is 4. The topological polar surface area (TPSA) is 134 Å². The second kappa shape index (κ2) is 12.3. The van der Waals surface area contributed by atoms with Crippen molar-refractivity contribution in [1.29, 1.82) is 0 Å². The largest absolute Gasteiger partial charge is 0.334 e. The van der Waals surface area contributed by atoms with Crippen LogP contribution in [0.5, 0.6) is 0 Å². The van der Waals surface area contributed by atoms with Crippen molar-refractivity contribution in [1.82, 2.24) is 19.8 Å². The molecular formula is C24H43N4O8PS. The van der Waals surface area contributed by atoms with Crippen LogP contribution in [-0.4, -0.2) is 128 Å². The highest BCUT2D eigenvalue weighted by molar-refractivity contribution is 7.90. The third-order valence-electron chi connectivity index (χ3n) is 7.27. The highest BCUT2D eigenvalue weighted by Gasteiger charge is 2.54. The van der Waals surface area contributed by atoms with Crippen LogP contribution in [0.2, 0.25) is 0 Å². The molecule has 3 amide bonds. The fourth-order valence-electron chi connectivity index (χ4n) is 5.43. The molecule has 4 atom stereocenters. The van der Waals surface area contributed by atoms with E-state index >= 15 is 0 Å². The zero-order valence-corrected chi connectivity index (χ0v) is 25.1. The molecule has 1 unspecified atom stereocenters. The molecule has 12 nitrogen and oxygen atoms in total. The van der Waals surface area contributed by atoms with E-state index < -0.39 is 53.5 Å². The van der Waals surface area contributed by atoms with Crippen LogP contribution in [0.3, 0.4) is 0 Å². The predicted molar refractivity (Wildman–Crippen MR) is 142 cm³/mol. The van der Waals surface area contributed by atoms with E-state index in [0.717, 1.165) is 37.3 Å². The van der Waals surface area contributed by atoms with Crippen LogP contribution in [0.15, 0.2) is 0 Å². The van der Waals surface area contributed by atoms with Crippen molar-refractivity contribution >= 4 is 34.9 Å². The highest BCUT2D eigenvalue weighted by atomic mass is 32.2. The van der Waals surface area contributed by atoms with Gasteiger partial charge in [-0.1, -0.05) is 13.8 Å². The lowest BCUT2D eigenvalue weighted by molar-refractivity contribution is -0.276. The third-order valence-corrected chi connectivity index (χ3v) is 9.90. The molecule has 38 heavy (non-hydrogen) atoms. The summed E-state index contributed by atoms with van der Waals surface area (Å²) in [6, 6.07) is -1.16. The van der Waals surface area contributed by atoms with E-state index in [9.17, 15) is 27.4 Å². The molecule has 3 heterocycles. The van der Waals surface area contributed by atoms with Crippen LogP contribution >= 0.6 is 7.37 Å². The predicted octanol–water partition coefficient (Wildman–Crippen LogP) is 1.01. The molecule has 14 heteroatoms. The maximum atomic E-state index is 13.9. The average Bonchev–Trinajstić information content (AvgIpc) is 2.79. The van der Waals surface area contributed by atoms with Gasteiger partial charge >= 0.3 is 0 Å². The Balaban J connectivity index is 2.01. The van der Waals surface area contributed by atoms with E-state index in [2.05, 4.69) is 4.90 Å². The molecule has 0 aliphatic carbocycles. The summed E-state index contributed by atoms with van der Waals surface area (Å²) in [7, 11) is -4.69. The lowest BCUT2D eigenvalue weighted by Gasteiger charge is -2.55. The number of sulfone groups is 1. The second-order valence-electron chi connectivity index (χ2n) is 11.2. The molecule has 3 rings (SSSR count). The standard InChI is InChI=1S/C24H43N4O8PS/c1-7-35-37(5,32)16-22(29)28-21-15-26(18-8-11-25(4)12-9-18)23(30)19(10-13-38(6,33)34)27(21)24(31)20(36-28)14-17(2)3/h17-21H,7-16H2,1-6H3/t19-,20+,21-,37?/m0/s1. The minimum atomic E-state index is -3.43. The van der Waals surface area contributed by atoms with Crippen LogP contribution in [0.4, 0.5) is 0 Å². The molecule has 0 saturated carbocycles. The number of likely N-dealkylation sites (tertiary alicyclic amines) is 1. The van der Waals surface area contributed by atoms with Gasteiger partial charge in [-0.3, -0.25) is 23.8 Å². The van der Waals surface area contributed by atoms with Gasteiger partial charge in [0.1, 0.15) is 22.0 Å². The first-order valence-electron chi connectivity index (χ1n) is 13.3. The number of hydroxylamine groups is 2. The molecule has 0 aromatic heterocycles. The number of piperazine rings is 1. The van der Waals surface area contributed by atoms with E-state index in [1.165, 1.54) is 11.6 Å². The van der Waals surface area contributed by atoms with Crippen LogP contribution < -0.4 is 0 Å². The minimum absolute atomic E-state index is 0.0388. The fourth-order valence-corrected chi connectivity index (χ4v) is 7.35. The Hall–Kier alpha value is -1.53. The van der Waals surface area contributed by atoms with Gasteiger partial charge in [0.05, 0.1) is 18.9 Å². The lowest BCUT2D eigenvalue weighted by atomic mass is 9.96. The Labute approximate surface area is 226 Å². The number of piperidine rings is 1. The van der Waals surface area contributed by atoms with Gasteiger partial charge in [-0.05, 0) is 58.7 Å². The van der Waals surface area contributed by atoms with Gasteiger partial charge in [0, 0.05) is 19.0 Å². The summed E-state index contributed by atoms with van der Waals surface area (Å²) in [6.45, 7) is 8.70. The number of amides is 3. The Morgan fingerprint density at radius 2 is 1.82 bits per heavy atom. The number of fused-ring (bicyclic) bond motifs is 1. The Morgan fingerprint density at radius 1 is 1.18 bits per heavy atom. The molecule has 0 N–H and O–H groups in total. The van der Waals surface area contributed by atoms with Crippen LogP contribution in [0.25, 0.3) is 0 Å². The first kappa shape index (κ1) is 31.0. The SMILES string of the molecule is CCOP(C)(=O)CC(=O)N1O[C@H](CC(C)C)C(=O)N2[C@@H]1CN(C1CCN(C)CC1)C(=O)[C@@H]2CCS(C)(=O)=O. The van der Waals surface area contributed by atoms with Crippen molar-refractivity contribution in [3.63, 3.8) is 0 Å². The molecule has 218 valence electrons. The zero-order valence-electron chi connectivity index (χ0n) is 23.4. The molecule has 3 aliphatic heterocycles. The number of rotatable bonds is 10. The van der Waals surface area contributed by atoms with E-state index in [0.29, 0.717) is 6.42 Å². The van der Waals surface area contributed by atoms with Crippen LogP contribution in [0.1, 0.15) is 46.5 Å². The molecule has 0 aromatic carbocycles. The van der Waals surface area contributed by atoms with E-state index in [4.69, 9.17) is 9.36 Å². The number of hydrogen-bond acceptors (Lipinski definition) is 9. The first-order chi connectivity index (χ1) is 17.6. The molecule has 0 aromatic rings. The van der Waals surface area contributed by atoms with Crippen molar-refractivity contribution in [2.75, 3.05) is 58.1 Å². The quantitative estimate of drug-likeness (QED) is 0.348. The second-order valence-corrected chi connectivity index (χ2v) is 16.1. The average molecular weight is 579 g/mol. The lowest BCUT2D eigenvalue weighted by Crippen LogP contribution is -2.75. The van der Waals surface area contributed by atoms with Gasteiger partial charge in [-0.15, -0.1) is 0 Å². The number of hydrogen-bond donors (Lipinski definition) is 0. The summed E-state index contributed by atoms with van der Waals surface area (Å²) in [5, 5.41) is 1.10. The van der Waals surface area contributed by atoms with Crippen molar-refractivity contribution in [3.05, 3.63) is 0 Å². The Bertz CT molecular complexity index is 1050. The van der Waals surface area contributed by atoms with Gasteiger partial charge in [0.25, 0.3) is 11.8 Å². The maximum Gasteiger partial charge on any atom is 0.257 e. The normalized spacial score (nSPS) is 27.6. The van der Waals surface area contributed by atoms with Gasteiger partial charge in [-0.25, -0.2) is 8.42 Å². The zero-order chi connectivity index (χ0) is 28.4. The first-order valence-corrected chi connectivity index (χ1v) is 17.6. The highest BCUT2D eigenvalue weighted by Crippen LogP contribution is 2.43.